The van der Waals surface area contributed by atoms with Crippen LogP contribution in [0, 0.1) is 10.1 Å². The maximum atomic E-state index is 10.9. The van der Waals surface area contributed by atoms with Crippen LogP contribution in [0.5, 0.6) is 0 Å². The first-order valence-electron chi connectivity index (χ1n) is 6.11. The lowest BCUT2D eigenvalue weighted by atomic mass is 10.1. The van der Waals surface area contributed by atoms with Crippen molar-refractivity contribution < 1.29 is 4.92 Å². The lowest BCUT2D eigenvalue weighted by Crippen LogP contribution is -2.17. The summed E-state index contributed by atoms with van der Waals surface area (Å²) >= 11 is 1.58. The van der Waals surface area contributed by atoms with Gasteiger partial charge in [0.1, 0.15) is 5.69 Å². The summed E-state index contributed by atoms with van der Waals surface area (Å²) in [6.07, 6.45) is 0. The fourth-order valence-corrected chi connectivity index (χ4v) is 2.55. The number of hydrogen-bond donors (Lipinski definition) is 1. The molecule has 1 aromatic carbocycles. The molecule has 7 heteroatoms. The average Bonchev–Trinajstić information content (AvgIpc) is 2.90. The number of hydrogen-bond acceptors (Lipinski definition) is 6. The van der Waals surface area contributed by atoms with Crippen molar-refractivity contribution in [1.29, 1.82) is 0 Å². The third-order valence-electron chi connectivity index (χ3n) is 2.89. The Bertz CT molecular complexity index is 586. The van der Waals surface area contributed by atoms with Crippen LogP contribution in [0.25, 0.3) is 0 Å². The van der Waals surface area contributed by atoms with Crippen molar-refractivity contribution in [3.63, 3.8) is 0 Å². The molecule has 1 heterocycles. The van der Waals surface area contributed by atoms with Gasteiger partial charge in [0.2, 0.25) is 0 Å². The molecule has 0 amide bonds. The van der Waals surface area contributed by atoms with Gasteiger partial charge < -0.3 is 5.32 Å². The lowest BCUT2D eigenvalue weighted by molar-refractivity contribution is -0.384. The van der Waals surface area contributed by atoms with Gasteiger partial charge in [0.05, 0.1) is 16.1 Å². The average molecular weight is 292 g/mol. The molecule has 0 aliphatic rings. The van der Waals surface area contributed by atoms with E-state index in [1.807, 2.05) is 24.0 Å². The number of nitrogens with zero attached hydrogens (tertiary/aromatic N) is 3. The van der Waals surface area contributed by atoms with Gasteiger partial charge in [-0.05, 0) is 18.7 Å². The van der Waals surface area contributed by atoms with Crippen LogP contribution in [0.1, 0.15) is 11.3 Å². The molecule has 0 fully saturated rings. The minimum atomic E-state index is -0.380. The van der Waals surface area contributed by atoms with E-state index in [0.717, 1.165) is 17.8 Å². The Kier molecular flexibility index (Phi) is 4.65. The van der Waals surface area contributed by atoms with Gasteiger partial charge in [-0.15, -0.1) is 11.3 Å². The van der Waals surface area contributed by atoms with Crippen LogP contribution in [0.15, 0.2) is 29.1 Å². The van der Waals surface area contributed by atoms with E-state index in [1.54, 1.807) is 24.5 Å². The van der Waals surface area contributed by atoms with Gasteiger partial charge in [0.25, 0.3) is 5.69 Å². The van der Waals surface area contributed by atoms with E-state index in [2.05, 4.69) is 15.2 Å². The molecule has 0 saturated carbocycles. The number of nitro benzene ring substituents is 1. The third-order valence-corrected chi connectivity index (χ3v) is 3.53. The first-order valence-corrected chi connectivity index (χ1v) is 7.05. The predicted molar refractivity (Wildman–Crippen MR) is 79.9 cm³/mol. The molecule has 2 rings (SSSR count). The summed E-state index contributed by atoms with van der Waals surface area (Å²) < 4.78 is 0. The van der Waals surface area contributed by atoms with E-state index >= 15 is 0 Å². The highest BCUT2D eigenvalue weighted by Crippen LogP contribution is 2.25. The Hall–Kier alpha value is -1.99. The summed E-state index contributed by atoms with van der Waals surface area (Å²) in [6, 6.07) is 5.14. The zero-order valence-electron chi connectivity index (χ0n) is 11.4. The summed E-state index contributed by atoms with van der Waals surface area (Å²) in [5.74, 6) is 0. The molecule has 0 bridgehead atoms. The maximum Gasteiger partial charge on any atom is 0.292 e. The Morgan fingerprint density at radius 3 is 2.85 bits per heavy atom. The van der Waals surface area contributed by atoms with E-state index < -0.39 is 0 Å². The number of aromatic nitrogens is 1. The second-order valence-electron chi connectivity index (χ2n) is 4.51. The number of anilines is 1. The standard InChI is InChI=1S/C13H16N4O2S/c1-14-12-5-10(3-4-13(12)17(18)19)6-16(2)7-11-8-20-9-15-11/h3-5,8-9,14H,6-7H2,1-2H3. The van der Waals surface area contributed by atoms with E-state index in [-0.39, 0.29) is 10.6 Å². The molecule has 1 N–H and O–H groups in total. The second-order valence-corrected chi connectivity index (χ2v) is 5.23. The molecule has 0 unspecified atom stereocenters. The van der Waals surface area contributed by atoms with Crippen LogP contribution >= 0.6 is 11.3 Å². The summed E-state index contributed by atoms with van der Waals surface area (Å²) in [6.45, 7) is 1.47. The van der Waals surface area contributed by atoms with E-state index in [0.29, 0.717) is 12.2 Å². The highest BCUT2D eigenvalue weighted by Gasteiger charge is 2.13. The lowest BCUT2D eigenvalue weighted by Gasteiger charge is -2.16. The van der Waals surface area contributed by atoms with Crippen LogP contribution in [0.2, 0.25) is 0 Å². The molecule has 2 aromatic rings. The van der Waals surface area contributed by atoms with Gasteiger partial charge >= 0.3 is 0 Å². The Morgan fingerprint density at radius 2 is 2.25 bits per heavy atom. The molecule has 0 radical (unpaired) electrons. The monoisotopic (exact) mass is 292 g/mol. The third kappa shape index (κ3) is 3.52. The van der Waals surface area contributed by atoms with Crippen LogP contribution < -0.4 is 5.32 Å². The molecule has 0 aliphatic carbocycles. The fraction of sp³-hybridized carbons (Fsp3) is 0.308. The van der Waals surface area contributed by atoms with Gasteiger partial charge in [0, 0.05) is 31.6 Å². The maximum absolute atomic E-state index is 10.9. The molecule has 1 aromatic heterocycles. The molecular weight excluding hydrogens is 276 g/mol. The zero-order valence-corrected chi connectivity index (χ0v) is 12.2. The van der Waals surface area contributed by atoms with Gasteiger partial charge in [-0.1, -0.05) is 6.07 Å². The summed E-state index contributed by atoms with van der Waals surface area (Å²) in [5, 5.41) is 15.8. The second kappa shape index (κ2) is 6.44. The normalized spacial score (nSPS) is 10.8. The fourth-order valence-electron chi connectivity index (χ4n) is 2.00. The minimum absolute atomic E-state index is 0.0957. The number of thiazole rings is 1. The first-order chi connectivity index (χ1) is 9.60. The van der Waals surface area contributed by atoms with E-state index in [9.17, 15) is 10.1 Å². The van der Waals surface area contributed by atoms with Crippen molar-refractivity contribution in [2.24, 2.45) is 0 Å². The van der Waals surface area contributed by atoms with Crippen molar-refractivity contribution in [3.8, 4) is 0 Å². The number of nitrogens with one attached hydrogen (secondary N) is 1. The Morgan fingerprint density at radius 1 is 1.45 bits per heavy atom. The molecular formula is C13H16N4O2S. The molecule has 0 aliphatic heterocycles. The highest BCUT2D eigenvalue weighted by atomic mass is 32.1. The molecule has 0 saturated heterocycles. The molecule has 106 valence electrons. The minimum Gasteiger partial charge on any atom is -0.383 e. The largest absolute Gasteiger partial charge is 0.383 e. The summed E-state index contributed by atoms with van der Waals surface area (Å²) in [4.78, 5) is 16.9. The SMILES string of the molecule is CNc1cc(CN(C)Cc2cscn2)ccc1[N+](=O)[O-]. The first kappa shape index (κ1) is 14.4. The topological polar surface area (TPSA) is 71.3 Å². The smallest absolute Gasteiger partial charge is 0.292 e. The van der Waals surface area contributed by atoms with Crippen LogP contribution in [0.3, 0.4) is 0 Å². The Balaban J connectivity index is 2.07. The summed E-state index contributed by atoms with van der Waals surface area (Å²) in [5.41, 5.74) is 4.51. The predicted octanol–water partition coefficient (Wildman–Crippen LogP) is 2.73. The van der Waals surface area contributed by atoms with Crippen molar-refractivity contribution in [3.05, 3.63) is 50.5 Å². The highest BCUT2D eigenvalue weighted by molar-refractivity contribution is 7.07. The molecule has 0 atom stereocenters. The quantitative estimate of drug-likeness (QED) is 0.654. The van der Waals surface area contributed by atoms with Gasteiger partial charge in [-0.3, -0.25) is 15.0 Å². The zero-order chi connectivity index (χ0) is 14.5. The van der Waals surface area contributed by atoms with E-state index in [1.165, 1.54) is 6.07 Å². The molecule has 20 heavy (non-hydrogen) atoms. The number of benzene rings is 1. The van der Waals surface area contributed by atoms with Gasteiger partial charge in [0.15, 0.2) is 0 Å². The van der Waals surface area contributed by atoms with Crippen molar-refractivity contribution in [2.75, 3.05) is 19.4 Å². The van der Waals surface area contributed by atoms with Gasteiger partial charge in [-0.2, -0.15) is 0 Å². The van der Waals surface area contributed by atoms with Crippen LogP contribution in [-0.4, -0.2) is 28.9 Å². The number of nitro groups is 1. The molecule has 0 spiro atoms. The van der Waals surface area contributed by atoms with Gasteiger partial charge in [-0.25, -0.2) is 4.98 Å². The van der Waals surface area contributed by atoms with Crippen molar-refractivity contribution in [2.45, 2.75) is 13.1 Å². The van der Waals surface area contributed by atoms with Crippen LogP contribution in [0.4, 0.5) is 11.4 Å². The van der Waals surface area contributed by atoms with Crippen molar-refractivity contribution in [1.82, 2.24) is 9.88 Å². The van der Waals surface area contributed by atoms with Crippen molar-refractivity contribution >= 4 is 22.7 Å². The molecule has 6 nitrogen and oxygen atoms in total. The summed E-state index contributed by atoms with van der Waals surface area (Å²) in [7, 11) is 3.69. The Labute approximate surface area is 121 Å². The van der Waals surface area contributed by atoms with Crippen LogP contribution in [-0.2, 0) is 13.1 Å². The number of rotatable bonds is 6. The van der Waals surface area contributed by atoms with E-state index in [4.69, 9.17) is 0 Å².